The Morgan fingerprint density at radius 3 is 2.71 bits per heavy atom. The molecule has 1 atom stereocenters. The number of aromatic hydroxyl groups is 1. The van der Waals surface area contributed by atoms with Crippen LogP contribution >= 0.6 is 0 Å². The number of fused-ring (bicyclic) bond motifs is 1. The van der Waals surface area contributed by atoms with Gasteiger partial charge in [-0.15, -0.1) is 5.10 Å². The van der Waals surface area contributed by atoms with Crippen molar-refractivity contribution in [1.82, 2.24) is 20.4 Å². The van der Waals surface area contributed by atoms with Crippen LogP contribution < -0.4 is 5.43 Å². The molecule has 6 nitrogen and oxygen atoms in total. The predicted molar refractivity (Wildman–Crippen MR) is 104 cm³/mol. The van der Waals surface area contributed by atoms with Gasteiger partial charge in [0.25, 0.3) is 0 Å². The number of halogens is 1. The maximum atomic E-state index is 13.5. The Hall–Kier alpha value is -3.74. The second kappa shape index (κ2) is 6.45. The molecule has 28 heavy (non-hydrogen) atoms. The van der Waals surface area contributed by atoms with E-state index in [0.717, 1.165) is 22.3 Å². The van der Waals surface area contributed by atoms with Crippen LogP contribution in [0.3, 0.4) is 0 Å². The summed E-state index contributed by atoms with van der Waals surface area (Å²) in [6.07, 6.45) is 0.558. The summed E-state index contributed by atoms with van der Waals surface area (Å²) < 4.78 is 15.3. The minimum absolute atomic E-state index is 0.0241. The number of rotatable bonds is 3. The topological polar surface area (TPSA) is 75.3 Å². The highest BCUT2D eigenvalue weighted by molar-refractivity contribution is 6.03. The Morgan fingerprint density at radius 1 is 1.04 bits per heavy atom. The zero-order valence-corrected chi connectivity index (χ0v) is 14.7. The molecule has 0 spiro atoms. The second-order valence-electron chi connectivity index (χ2n) is 6.69. The van der Waals surface area contributed by atoms with Crippen LogP contribution in [0.5, 0.6) is 5.75 Å². The minimum atomic E-state index is -0.400. The van der Waals surface area contributed by atoms with Crippen molar-refractivity contribution < 1.29 is 9.50 Å². The van der Waals surface area contributed by atoms with Crippen LogP contribution in [0, 0.1) is 5.82 Å². The molecule has 2 heterocycles. The molecule has 1 aromatic heterocycles. The average Bonchev–Trinajstić information content (AvgIpc) is 3.37. The number of aromatic nitrogens is 3. The van der Waals surface area contributed by atoms with Crippen molar-refractivity contribution in [3.63, 3.8) is 0 Å². The molecule has 0 saturated heterocycles. The molecule has 0 saturated carbocycles. The highest BCUT2D eigenvalue weighted by atomic mass is 19.1. The third kappa shape index (κ3) is 2.77. The molecular weight excluding hydrogens is 357 g/mol. The van der Waals surface area contributed by atoms with Crippen molar-refractivity contribution in [2.45, 2.75) is 12.5 Å². The number of nitrogens with one attached hydrogen (secondary N) is 1. The lowest BCUT2D eigenvalue weighted by Gasteiger charge is -2.11. The molecule has 0 aliphatic carbocycles. The van der Waals surface area contributed by atoms with Crippen LogP contribution in [0.1, 0.15) is 23.6 Å². The number of phenols is 1. The summed E-state index contributed by atoms with van der Waals surface area (Å²) in [5.74, 6) is -0.376. The van der Waals surface area contributed by atoms with E-state index < -0.39 is 5.82 Å². The van der Waals surface area contributed by atoms with Gasteiger partial charge in [-0.3, -0.25) is 0 Å². The molecule has 138 valence electrons. The van der Waals surface area contributed by atoms with Crippen LogP contribution in [-0.2, 0) is 0 Å². The molecule has 2 N–H and O–H groups in total. The maximum Gasteiger partial charge on any atom is 0.124 e. The molecule has 4 aromatic rings. The fraction of sp³-hybridized carbons (Fsp3) is 0.0952. The molecule has 1 unspecified atom stereocenters. The molecule has 5 rings (SSSR count). The zero-order valence-electron chi connectivity index (χ0n) is 14.7. The molecule has 0 bridgehead atoms. The van der Waals surface area contributed by atoms with Crippen LogP contribution in [-0.4, -0.2) is 25.8 Å². The van der Waals surface area contributed by atoms with E-state index in [1.54, 1.807) is 4.68 Å². The smallest absolute Gasteiger partial charge is 0.124 e. The minimum Gasteiger partial charge on any atom is -0.507 e. The molecular formula is C21H16FN5O. The van der Waals surface area contributed by atoms with Gasteiger partial charge in [0.05, 0.1) is 23.0 Å². The third-order valence-electron chi connectivity index (χ3n) is 4.91. The van der Waals surface area contributed by atoms with Gasteiger partial charge in [0.2, 0.25) is 0 Å². The highest BCUT2D eigenvalue weighted by Crippen LogP contribution is 2.29. The fourth-order valence-electron chi connectivity index (χ4n) is 3.45. The lowest BCUT2D eigenvalue weighted by molar-refractivity contribution is 0.471. The standard InChI is InChI=1S/C21H16FN5O/c22-14-7-10-21(28)16(11-14)19-12-18(23-24-19)13-5-8-15(9-6-13)27-20-4-2-1-3-17(20)25-26-27/h1-11,18,23,28H,12H2. The molecule has 1 aliphatic heterocycles. The SMILES string of the molecule is Oc1ccc(F)cc1C1=NNC(c2ccc(-n3nnc4ccccc43)cc2)C1. The summed E-state index contributed by atoms with van der Waals surface area (Å²) in [6, 6.07) is 19.6. The maximum absolute atomic E-state index is 13.5. The van der Waals surface area contributed by atoms with Gasteiger partial charge >= 0.3 is 0 Å². The van der Waals surface area contributed by atoms with Crippen molar-refractivity contribution in [3.05, 3.63) is 83.7 Å². The molecule has 7 heteroatoms. The molecule has 0 radical (unpaired) electrons. The van der Waals surface area contributed by atoms with E-state index in [0.29, 0.717) is 17.7 Å². The van der Waals surface area contributed by atoms with Crippen molar-refractivity contribution in [3.8, 4) is 11.4 Å². The number of hydrogen-bond acceptors (Lipinski definition) is 5. The van der Waals surface area contributed by atoms with E-state index in [1.165, 1.54) is 18.2 Å². The average molecular weight is 373 g/mol. The molecule has 0 fully saturated rings. The first-order valence-electron chi connectivity index (χ1n) is 8.91. The summed E-state index contributed by atoms with van der Waals surface area (Å²) in [5, 5.41) is 22.7. The summed E-state index contributed by atoms with van der Waals surface area (Å²) in [4.78, 5) is 0. The van der Waals surface area contributed by atoms with Gasteiger partial charge in [-0.05, 0) is 48.0 Å². The summed E-state index contributed by atoms with van der Waals surface area (Å²) in [6.45, 7) is 0. The lowest BCUT2D eigenvalue weighted by atomic mass is 9.98. The fourth-order valence-corrected chi connectivity index (χ4v) is 3.45. The van der Waals surface area contributed by atoms with Crippen LogP contribution in [0.4, 0.5) is 4.39 Å². The Labute approximate surface area is 159 Å². The second-order valence-corrected chi connectivity index (χ2v) is 6.69. The normalized spacial score (nSPS) is 16.2. The summed E-state index contributed by atoms with van der Waals surface area (Å²) >= 11 is 0. The van der Waals surface area contributed by atoms with Crippen molar-refractivity contribution >= 4 is 16.7 Å². The van der Waals surface area contributed by atoms with Crippen molar-refractivity contribution in [2.24, 2.45) is 5.10 Å². The summed E-state index contributed by atoms with van der Waals surface area (Å²) in [5.41, 5.74) is 7.87. The zero-order chi connectivity index (χ0) is 19.1. The number of nitrogens with zero attached hydrogens (tertiary/aromatic N) is 4. The van der Waals surface area contributed by atoms with E-state index in [9.17, 15) is 9.50 Å². The first kappa shape index (κ1) is 16.4. The Morgan fingerprint density at radius 2 is 1.86 bits per heavy atom. The number of hydrazone groups is 1. The van der Waals surface area contributed by atoms with Crippen LogP contribution in [0.2, 0.25) is 0 Å². The predicted octanol–water partition coefficient (Wildman–Crippen LogP) is 3.70. The largest absolute Gasteiger partial charge is 0.507 e. The third-order valence-corrected chi connectivity index (χ3v) is 4.91. The van der Waals surface area contributed by atoms with Gasteiger partial charge in [0, 0.05) is 12.0 Å². The van der Waals surface area contributed by atoms with Crippen LogP contribution in [0.25, 0.3) is 16.7 Å². The number of phenolic OH excluding ortho intramolecular Hbond substituents is 1. The Balaban J connectivity index is 1.38. The molecule has 3 aromatic carbocycles. The Kier molecular flexibility index (Phi) is 3.79. The van der Waals surface area contributed by atoms with E-state index in [4.69, 9.17) is 0 Å². The summed E-state index contributed by atoms with van der Waals surface area (Å²) in [7, 11) is 0. The first-order chi connectivity index (χ1) is 13.7. The number of hydrogen-bond donors (Lipinski definition) is 2. The first-order valence-corrected chi connectivity index (χ1v) is 8.91. The van der Waals surface area contributed by atoms with Crippen molar-refractivity contribution in [1.29, 1.82) is 0 Å². The van der Waals surface area contributed by atoms with Gasteiger partial charge in [0.15, 0.2) is 0 Å². The van der Waals surface area contributed by atoms with Gasteiger partial charge in [0.1, 0.15) is 17.1 Å². The lowest BCUT2D eigenvalue weighted by Crippen LogP contribution is -2.10. The molecule has 0 amide bonds. The van der Waals surface area contributed by atoms with E-state index in [1.807, 2.05) is 48.5 Å². The van der Waals surface area contributed by atoms with Gasteiger partial charge in [-0.2, -0.15) is 5.10 Å². The number of benzene rings is 3. The quantitative estimate of drug-likeness (QED) is 0.574. The number of para-hydroxylation sites is 1. The van der Waals surface area contributed by atoms with Gasteiger partial charge < -0.3 is 10.5 Å². The molecule has 1 aliphatic rings. The highest BCUT2D eigenvalue weighted by Gasteiger charge is 2.23. The Bertz CT molecular complexity index is 1200. The van der Waals surface area contributed by atoms with E-state index in [2.05, 4.69) is 20.8 Å². The van der Waals surface area contributed by atoms with E-state index in [-0.39, 0.29) is 11.8 Å². The van der Waals surface area contributed by atoms with Crippen molar-refractivity contribution in [2.75, 3.05) is 0 Å². The van der Waals surface area contributed by atoms with E-state index >= 15 is 0 Å². The van der Waals surface area contributed by atoms with Gasteiger partial charge in [-0.1, -0.05) is 29.5 Å². The van der Waals surface area contributed by atoms with Crippen LogP contribution in [0.15, 0.2) is 71.8 Å². The monoisotopic (exact) mass is 373 g/mol. The van der Waals surface area contributed by atoms with Gasteiger partial charge in [-0.25, -0.2) is 9.07 Å².